The summed E-state index contributed by atoms with van der Waals surface area (Å²) in [7, 11) is 0. The van der Waals surface area contributed by atoms with Gasteiger partial charge in [-0.15, -0.1) is 0 Å². The molecule has 72 valence electrons. The molecule has 6 nitrogen and oxygen atoms in total. The van der Waals surface area contributed by atoms with E-state index >= 15 is 0 Å². The maximum absolute atomic E-state index is 11.3. The van der Waals surface area contributed by atoms with E-state index in [1.165, 1.54) is 0 Å². The predicted octanol–water partition coefficient (Wildman–Crippen LogP) is 0.386. The Morgan fingerprint density at radius 3 is 2.86 bits per heavy atom. The Hall–Kier alpha value is -1.76. The second-order valence-corrected chi connectivity index (χ2v) is 3.44. The molecule has 14 heavy (non-hydrogen) atoms. The highest BCUT2D eigenvalue weighted by atomic mass is 32.1. The van der Waals surface area contributed by atoms with E-state index in [1.54, 1.807) is 6.92 Å². The molecule has 0 spiro atoms. The molecule has 0 amide bonds. The second kappa shape index (κ2) is 2.88. The molecule has 0 atom stereocenters. The Balaban J connectivity index is 2.92. The second-order valence-electron chi connectivity index (χ2n) is 2.67. The number of hydrogen-bond acceptors (Lipinski definition) is 5. The van der Waals surface area contributed by atoms with E-state index in [4.69, 9.17) is 5.11 Å². The van der Waals surface area contributed by atoms with Crippen LogP contribution in [0.15, 0.2) is 4.79 Å². The average molecular weight is 211 g/mol. The third-order valence-corrected chi connectivity index (χ3v) is 2.48. The Bertz CT molecular complexity index is 571. The van der Waals surface area contributed by atoms with Gasteiger partial charge in [-0.1, -0.05) is 0 Å². The fourth-order valence-electron chi connectivity index (χ4n) is 1.10. The maximum atomic E-state index is 11.3. The third-order valence-electron chi connectivity index (χ3n) is 1.65. The summed E-state index contributed by atoms with van der Waals surface area (Å²) in [4.78, 5) is 28.4. The normalized spacial score (nSPS) is 10.6. The zero-order valence-electron chi connectivity index (χ0n) is 7.07. The number of aryl methyl sites for hydroxylation is 1. The van der Waals surface area contributed by atoms with E-state index in [0.717, 1.165) is 11.5 Å². The van der Waals surface area contributed by atoms with Crippen LogP contribution < -0.4 is 5.56 Å². The number of aromatic nitrogens is 3. The first-order valence-electron chi connectivity index (χ1n) is 3.69. The van der Waals surface area contributed by atoms with E-state index in [2.05, 4.69) is 14.3 Å². The van der Waals surface area contributed by atoms with Gasteiger partial charge in [0.15, 0.2) is 10.4 Å². The molecule has 0 aliphatic rings. The summed E-state index contributed by atoms with van der Waals surface area (Å²) in [5, 5.41) is 8.77. The van der Waals surface area contributed by atoms with Crippen LogP contribution in [-0.4, -0.2) is 25.4 Å². The van der Waals surface area contributed by atoms with E-state index in [-0.39, 0.29) is 15.9 Å². The van der Waals surface area contributed by atoms with E-state index in [1.807, 2.05) is 0 Å². The average Bonchev–Trinajstić information content (AvgIpc) is 2.47. The standard InChI is InChI=1S/C7H5N3O3S/c1-2-8-3-4(6(11)9-2)10-14-5(3)7(12)13/h1H3,(H,12,13)(H,8,9,11). The SMILES string of the molecule is Cc1nc2c(C(=O)O)snc2c(=O)[nH]1. The van der Waals surface area contributed by atoms with Crippen LogP contribution in [-0.2, 0) is 0 Å². The molecule has 0 unspecified atom stereocenters. The minimum absolute atomic E-state index is 0.00537. The maximum Gasteiger partial charge on any atom is 0.349 e. The third kappa shape index (κ3) is 1.18. The molecule has 2 aromatic heterocycles. The molecule has 0 radical (unpaired) electrons. The first-order valence-corrected chi connectivity index (χ1v) is 4.46. The molecule has 0 bridgehead atoms. The molecule has 2 N–H and O–H groups in total. The van der Waals surface area contributed by atoms with Crippen molar-refractivity contribution >= 4 is 28.5 Å². The van der Waals surface area contributed by atoms with Crippen LogP contribution in [0.5, 0.6) is 0 Å². The van der Waals surface area contributed by atoms with Gasteiger partial charge in [-0.3, -0.25) is 4.79 Å². The Labute approximate surface area is 81.4 Å². The van der Waals surface area contributed by atoms with Gasteiger partial charge in [-0.2, -0.15) is 4.37 Å². The zero-order valence-corrected chi connectivity index (χ0v) is 7.88. The minimum atomic E-state index is -1.12. The van der Waals surface area contributed by atoms with Crippen molar-refractivity contribution in [2.45, 2.75) is 6.92 Å². The summed E-state index contributed by atoms with van der Waals surface area (Å²) in [5.74, 6) is -0.736. The Morgan fingerprint density at radius 1 is 1.50 bits per heavy atom. The number of H-pyrrole nitrogens is 1. The molecule has 0 aliphatic heterocycles. The summed E-state index contributed by atoms with van der Waals surface area (Å²) < 4.78 is 3.74. The summed E-state index contributed by atoms with van der Waals surface area (Å²) in [6.07, 6.45) is 0. The number of carboxylic acid groups (broad SMARTS) is 1. The van der Waals surface area contributed by atoms with Gasteiger partial charge in [-0.05, 0) is 18.5 Å². The van der Waals surface area contributed by atoms with Crippen molar-refractivity contribution in [2.24, 2.45) is 0 Å². The molecule has 7 heteroatoms. The summed E-state index contributed by atoms with van der Waals surface area (Å²) in [6.45, 7) is 1.59. The van der Waals surface area contributed by atoms with Gasteiger partial charge in [0.2, 0.25) is 0 Å². The van der Waals surface area contributed by atoms with Crippen LogP contribution in [0, 0.1) is 6.92 Å². The van der Waals surface area contributed by atoms with Gasteiger partial charge < -0.3 is 10.1 Å². The molecule has 2 heterocycles. The molecule has 2 aromatic rings. The first kappa shape index (κ1) is 8.82. The molecule has 0 saturated heterocycles. The van der Waals surface area contributed by atoms with Gasteiger partial charge in [0.1, 0.15) is 11.3 Å². The van der Waals surface area contributed by atoms with Gasteiger partial charge in [0.05, 0.1) is 0 Å². The summed E-state index contributed by atoms with van der Waals surface area (Å²) >= 11 is 0.762. The van der Waals surface area contributed by atoms with Crippen LogP contribution in [0.4, 0.5) is 0 Å². The Kier molecular flexibility index (Phi) is 1.81. The lowest BCUT2D eigenvalue weighted by atomic mass is 10.3. The van der Waals surface area contributed by atoms with Crippen molar-refractivity contribution < 1.29 is 9.90 Å². The molecule has 0 aliphatic carbocycles. The van der Waals surface area contributed by atoms with Crippen molar-refractivity contribution in [1.82, 2.24) is 14.3 Å². The van der Waals surface area contributed by atoms with Gasteiger partial charge in [0, 0.05) is 0 Å². The number of aromatic amines is 1. The minimum Gasteiger partial charge on any atom is -0.477 e. The van der Waals surface area contributed by atoms with Crippen molar-refractivity contribution in [3.63, 3.8) is 0 Å². The van der Waals surface area contributed by atoms with Crippen LogP contribution in [0.3, 0.4) is 0 Å². The van der Waals surface area contributed by atoms with E-state index in [9.17, 15) is 9.59 Å². The van der Waals surface area contributed by atoms with Crippen molar-refractivity contribution in [1.29, 1.82) is 0 Å². The number of hydrogen-bond donors (Lipinski definition) is 2. The van der Waals surface area contributed by atoms with Crippen molar-refractivity contribution in [2.75, 3.05) is 0 Å². The zero-order chi connectivity index (χ0) is 10.3. The quantitative estimate of drug-likeness (QED) is 0.711. The van der Waals surface area contributed by atoms with Gasteiger partial charge in [-0.25, -0.2) is 9.78 Å². The summed E-state index contributed by atoms with van der Waals surface area (Å²) in [5.41, 5.74) is -0.169. The number of nitrogens with one attached hydrogen (secondary N) is 1. The lowest BCUT2D eigenvalue weighted by Crippen LogP contribution is -2.10. The summed E-state index contributed by atoms with van der Waals surface area (Å²) in [6, 6.07) is 0. The largest absolute Gasteiger partial charge is 0.477 e. The number of carboxylic acids is 1. The smallest absolute Gasteiger partial charge is 0.349 e. The molecule has 2 rings (SSSR count). The van der Waals surface area contributed by atoms with Crippen LogP contribution >= 0.6 is 11.5 Å². The first-order chi connectivity index (χ1) is 6.59. The predicted molar refractivity (Wildman–Crippen MR) is 49.7 cm³/mol. The lowest BCUT2D eigenvalue weighted by molar-refractivity contribution is 0.0704. The van der Waals surface area contributed by atoms with E-state index in [0.29, 0.717) is 5.82 Å². The van der Waals surface area contributed by atoms with E-state index < -0.39 is 11.5 Å². The monoisotopic (exact) mass is 211 g/mol. The highest BCUT2D eigenvalue weighted by molar-refractivity contribution is 7.09. The highest BCUT2D eigenvalue weighted by Crippen LogP contribution is 2.16. The number of carbonyl (C=O) groups is 1. The Morgan fingerprint density at radius 2 is 2.21 bits per heavy atom. The van der Waals surface area contributed by atoms with Crippen LogP contribution in [0.1, 0.15) is 15.5 Å². The topological polar surface area (TPSA) is 95.9 Å². The van der Waals surface area contributed by atoms with Crippen LogP contribution in [0.25, 0.3) is 11.0 Å². The number of fused-ring (bicyclic) bond motifs is 1. The fraction of sp³-hybridized carbons (Fsp3) is 0.143. The van der Waals surface area contributed by atoms with Crippen LogP contribution in [0.2, 0.25) is 0 Å². The number of nitrogens with zero attached hydrogens (tertiary/aromatic N) is 2. The molecular weight excluding hydrogens is 206 g/mol. The number of aromatic carboxylic acids is 1. The van der Waals surface area contributed by atoms with Crippen molar-refractivity contribution in [3.05, 3.63) is 21.1 Å². The van der Waals surface area contributed by atoms with Crippen molar-refractivity contribution in [3.8, 4) is 0 Å². The van der Waals surface area contributed by atoms with Gasteiger partial charge >= 0.3 is 5.97 Å². The molecule has 0 saturated carbocycles. The highest BCUT2D eigenvalue weighted by Gasteiger charge is 2.16. The molecule has 0 aromatic carbocycles. The molecular formula is C7H5N3O3S. The number of rotatable bonds is 1. The fourth-order valence-corrected chi connectivity index (χ4v) is 1.76. The lowest BCUT2D eigenvalue weighted by Gasteiger charge is -1.92. The molecule has 0 fully saturated rings. The van der Waals surface area contributed by atoms with Gasteiger partial charge in [0.25, 0.3) is 5.56 Å².